The zero-order valence-electron chi connectivity index (χ0n) is 13.9. The van der Waals surface area contributed by atoms with E-state index in [2.05, 4.69) is 5.10 Å². The molecule has 2 aliphatic rings. The Labute approximate surface area is 141 Å². The van der Waals surface area contributed by atoms with Crippen LogP contribution in [0.4, 0.5) is 0 Å². The number of ether oxygens (including phenoxy) is 2. The maximum Gasteiger partial charge on any atom is 0.249 e. The van der Waals surface area contributed by atoms with Gasteiger partial charge in [-0.1, -0.05) is 0 Å². The third kappa shape index (κ3) is 2.29. The molecule has 0 unspecified atom stereocenters. The molecular formula is C18H21N3O3. The molecule has 1 saturated heterocycles. The molecule has 1 amide bonds. The second-order valence-corrected chi connectivity index (χ2v) is 6.34. The summed E-state index contributed by atoms with van der Waals surface area (Å²) in [5, 5.41) is 4.59. The highest BCUT2D eigenvalue weighted by molar-refractivity contribution is 5.79. The van der Waals surface area contributed by atoms with Gasteiger partial charge in [0, 0.05) is 25.1 Å². The van der Waals surface area contributed by atoms with Gasteiger partial charge >= 0.3 is 0 Å². The predicted octanol–water partition coefficient (Wildman–Crippen LogP) is 2.12. The lowest BCUT2D eigenvalue weighted by Gasteiger charge is -2.35. The monoisotopic (exact) mass is 327 g/mol. The van der Waals surface area contributed by atoms with Crippen LogP contribution in [0.2, 0.25) is 0 Å². The van der Waals surface area contributed by atoms with Crippen LogP contribution < -0.4 is 4.74 Å². The van der Waals surface area contributed by atoms with Crippen molar-refractivity contribution in [3.05, 3.63) is 41.7 Å². The van der Waals surface area contributed by atoms with Gasteiger partial charge in [0.1, 0.15) is 12.4 Å². The molecular weight excluding hydrogens is 306 g/mol. The summed E-state index contributed by atoms with van der Waals surface area (Å²) in [7, 11) is 3.23. The molecule has 0 radical (unpaired) electrons. The fourth-order valence-electron chi connectivity index (χ4n) is 4.00. The Morgan fingerprint density at radius 1 is 1.25 bits per heavy atom. The Bertz CT molecular complexity index is 753. The van der Waals surface area contributed by atoms with E-state index in [1.807, 2.05) is 40.0 Å². The Morgan fingerprint density at radius 3 is 2.75 bits per heavy atom. The van der Waals surface area contributed by atoms with Gasteiger partial charge in [0.25, 0.3) is 0 Å². The highest BCUT2D eigenvalue weighted by Gasteiger charge is 2.44. The van der Waals surface area contributed by atoms with E-state index < -0.39 is 0 Å². The molecule has 4 rings (SSSR count). The molecule has 2 aliphatic heterocycles. The van der Waals surface area contributed by atoms with Crippen molar-refractivity contribution in [3.8, 4) is 11.4 Å². The molecule has 1 aromatic carbocycles. The minimum absolute atomic E-state index is 0.0767. The van der Waals surface area contributed by atoms with Crippen LogP contribution in [0.1, 0.15) is 30.1 Å². The average molecular weight is 327 g/mol. The fraction of sp³-hybridized carbons (Fsp3) is 0.444. The van der Waals surface area contributed by atoms with Gasteiger partial charge in [-0.2, -0.15) is 5.10 Å². The van der Waals surface area contributed by atoms with E-state index in [4.69, 9.17) is 9.47 Å². The second kappa shape index (κ2) is 5.94. The molecule has 0 spiro atoms. The number of nitrogens with zero attached hydrogens (tertiary/aromatic N) is 3. The number of rotatable bonds is 4. The largest absolute Gasteiger partial charge is 0.497 e. The number of aromatic nitrogens is 2. The summed E-state index contributed by atoms with van der Waals surface area (Å²) in [5.74, 6) is 0.907. The number of carbonyl (C=O) groups excluding carboxylic acids is 1. The van der Waals surface area contributed by atoms with E-state index in [-0.39, 0.29) is 24.6 Å². The van der Waals surface area contributed by atoms with E-state index in [0.29, 0.717) is 0 Å². The molecule has 2 atom stereocenters. The molecule has 0 saturated carbocycles. The number of amides is 1. The summed E-state index contributed by atoms with van der Waals surface area (Å²) in [5.41, 5.74) is 3.41. The van der Waals surface area contributed by atoms with Gasteiger partial charge < -0.3 is 14.4 Å². The summed E-state index contributed by atoms with van der Waals surface area (Å²) in [6.07, 6.45) is 4.80. The maximum atomic E-state index is 12.4. The summed E-state index contributed by atoms with van der Waals surface area (Å²) in [6, 6.07) is 8.28. The molecule has 0 aliphatic carbocycles. The second-order valence-electron chi connectivity index (χ2n) is 6.34. The highest BCUT2D eigenvalue weighted by atomic mass is 16.5. The minimum Gasteiger partial charge on any atom is -0.497 e. The van der Waals surface area contributed by atoms with Crippen molar-refractivity contribution in [2.45, 2.75) is 31.3 Å². The van der Waals surface area contributed by atoms with Gasteiger partial charge in [-0.3, -0.25) is 4.79 Å². The van der Waals surface area contributed by atoms with Gasteiger partial charge in [0.15, 0.2) is 0 Å². The molecule has 126 valence electrons. The summed E-state index contributed by atoms with van der Waals surface area (Å²) in [6.45, 7) is 0.148. The van der Waals surface area contributed by atoms with Crippen molar-refractivity contribution >= 4 is 5.91 Å². The number of benzene rings is 1. The first kappa shape index (κ1) is 15.2. The topological polar surface area (TPSA) is 56.6 Å². The van der Waals surface area contributed by atoms with E-state index in [0.717, 1.165) is 30.7 Å². The zero-order chi connectivity index (χ0) is 16.7. The van der Waals surface area contributed by atoms with Gasteiger partial charge in [0.05, 0.1) is 30.7 Å². The molecule has 3 heterocycles. The van der Waals surface area contributed by atoms with Crippen LogP contribution in [0, 0.1) is 0 Å². The zero-order valence-corrected chi connectivity index (χ0v) is 13.9. The first-order chi connectivity index (χ1) is 11.7. The fourth-order valence-corrected chi connectivity index (χ4v) is 4.00. The van der Waals surface area contributed by atoms with Crippen LogP contribution in [0.5, 0.6) is 5.75 Å². The van der Waals surface area contributed by atoms with E-state index >= 15 is 0 Å². The maximum absolute atomic E-state index is 12.4. The van der Waals surface area contributed by atoms with E-state index in [9.17, 15) is 4.79 Å². The average Bonchev–Trinajstić information content (AvgIpc) is 3.17. The van der Waals surface area contributed by atoms with Crippen molar-refractivity contribution in [2.75, 3.05) is 20.8 Å². The lowest BCUT2D eigenvalue weighted by molar-refractivity contribution is -0.138. The third-order valence-corrected chi connectivity index (χ3v) is 5.06. The third-order valence-electron chi connectivity index (χ3n) is 5.06. The van der Waals surface area contributed by atoms with E-state index in [1.165, 1.54) is 11.3 Å². The summed E-state index contributed by atoms with van der Waals surface area (Å²) in [4.78, 5) is 14.4. The van der Waals surface area contributed by atoms with Crippen LogP contribution in [-0.4, -0.2) is 47.5 Å². The molecule has 24 heavy (non-hydrogen) atoms. The quantitative estimate of drug-likeness (QED) is 0.863. The normalized spacial score (nSPS) is 21.7. The van der Waals surface area contributed by atoms with Crippen molar-refractivity contribution in [3.63, 3.8) is 0 Å². The number of hydrogen-bond donors (Lipinski definition) is 0. The van der Waals surface area contributed by atoms with Crippen LogP contribution in [0.25, 0.3) is 5.69 Å². The smallest absolute Gasteiger partial charge is 0.249 e. The van der Waals surface area contributed by atoms with Gasteiger partial charge in [-0.15, -0.1) is 0 Å². The minimum atomic E-state index is 0.0767. The van der Waals surface area contributed by atoms with Gasteiger partial charge in [-0.05, 0) is 37.1 Å². The van der Waals surface area contributed by atoms with Crippen LogP contribution in [0.15, 0.2) is 30.5 Å². The first-order valence-electron chi connectivity index (χ1n) is 8.24. The summed E-state index contributed by atoms with van der Waals surface area (Å²) < 4.78 is 12.3. The molecule has 2 bridgehead atoms. The van der Waals surface area contributed by atoms with Crippen molar-refractivity contribution in [1.29, 1.82) is 0 Å². The predicted molar refractivity (Wildman–Crippen MR) is 88.3 cm³/mol. The van der Waals surface area contributed by atoms with Crippen molar-refractivity contribution in [2.24, 2.45) is 0 Å². The highest BCUT2D eigenvalue weighted by Crippen LogP contribution is 2.44. The standard InChI is InChI=1S/C18H21N3O3/c1-23-11-18(22)20-13-5-8-16(20)15-10-19-21(17(15)9-13)12-3-6-14(24-2)7-4-12/h3-4,6-7,10,13,16H,5,8-9,11H2,1-2H3/t13-,16-/m1/s1. The number of carbonyl (C=O) groups is 1. The van der Waals surface area contributed by atoms with Crippen LogP contribution in [0.3, 0.4) is 0 Å². The SMILES string of the molecule is COCC(=O)N1[C@@H]2CC[C@@H]1c1cnn(-c3ccc(OC)cc3)c1C2. The van der Waals surface area contributed by atoms with Crippen LogP contribution in [-0.2, 0) is 16.0 Å². The number of methoxy groups -OCH3 is 2. The van der Waals surface area contributed by atoms with Crippen LogP contribution >= 0.6 is 0 Å². The Balaban J connectivity index is 1.68. The molecule has 0 N–H and O–H groups in total. The number of hydrogen-bond acceptors (Lipinski definition) is 4. The van der Waals surface area contributed by atoms with Gasteiger partial charge in [0.2, 0.25) is 5.91 Å². The Kier molecular flexibility index (Phi) is 3.76. The molecule has 2 aromatic rings. The van der Waals surface area contributed by atoms with E-state index in [1.54, 1.807) is 14.2 Å². The first-order valence-corrected chi connectivity index (χ1v) is 8.24. The molecule has 6 heteroatoms. The molecule has 1 aromatic heterocycles. The van der Waals surface area contributed by atoms with Crippen molar-refractivity contribution in [1.82, 2.24) is 14.7 Å². The lowest BCUT2D eigenvalue weighted by Crippen LogP contribution is -2.43. The molecule has 1 fully saturated rings. The van der Waals surface area contributed by atoms with Crippen molar-refractivity contribution < 1.29 is 14.3 Å². The van der Waals surface area contributed by atoms with Gasteiger partial charge in [-0.25, -0.2) is 4.68 Å². The number of fused-ring (bicyclic) bond motifs is 4. The Hall–Kier alpha value is -2.34. The summed E-state index contributed by atoms with van der Waals surface area (Å²) >= 11 is 0. The molecule has 6 nitrogen and oxygen atoms in total. The lowest BCUT2D eigenvalue weighted by atomic mass is 10.00. The Morgan fingerprint density at radius 2 is 2.04 bits per heavy atom.